The molecule has 5 aromatic rings. The first-order valence-electron chi connectivity index (χ1n) is 10.2. The first-order valence-corrected chi connectivity index (χ1v) is 10.2. The molecule has 0 fully saturated rings. The molecule has 164 valence electrons. The van der Waals surface area contributed by atoms with Gasteiger partial charge in [0.15, 0.2) is 0 Å². The number of rotatable bonds is 3. The Morgan fingerprint density at radius 2 is 1.47 bits per heavy atom. The minimum Gasteiger partial charge on any atom is -0.422 e. The van der Waals surface area contributed by atoms with Gasteiger partial charge in [0, 0.05) is 10.8 Å². The van der Waals surface area contributed by atoms with Gasteiger partial charge in [0.05, 0.1) is 22.5 Å². The van der Waals surface area contributed by atoms with E-state index in [1.807, 2.05) is 6.07 Å². The monoisotopic (exact) mass is 449 g/mol. The van der Waals surface area contributed by atoms with Gasteiger partial charge in [-0.3, -0.25) is 4.79 Å². The Kier molecular flexibility index (Phi) is 5.00. The van der Waals surface area contributed by atoms with Crippen molar-refractivity contribution in [3.8, 4) is 17.3 Å². The van der Waals surface area contributed by atoms with Gasteiger partial charge < -0.3 is 8.83 Å². The molecule has 0 spiro atoms. The minimum absolute atomic E-state index is 0.0855. The summed E-state index contributed by atoms with van der Waals surface area (Å²) >= 11 is 0. The molecule has 3 heterocycles. The molecule has 0 saturated carbocycles. The van der Waals surface area contributed by atoms with Gasteiger partial charge in [-0.05, 0) is 43.3 Å². The second-order valence-electron chi connectivity index (χ2n) is 7.52. The number of para-hydroxylation sites is 2. The zero-order valence-electron chi connectivity index (χ0n) is 17.8. The first kappa shape index (κ1) is 20.8. The third kappa shape index (κ3) is 3.51. The Bertz CT molecular complexity index is 1850. The molecule has 34 heavy (non-hydrogen) atoms. The quantitative estimate of drug-likeness (QED) is 0.305. The maximum absolute atomic E-state index is 13.0. The molecule has 3 aromatic heterocycles. The van der Waals surface area contributed by atoms with Crippen LogP contribution in [-0.2, 0) is 0 Å². The summed E-state index contributed by atoms with van der Waals surface area (Å²) in [6, 6.07) is 21.8. The van der Waals surface area contributed by atoms with Crippen LogP contribution in [0.15, 0.2) is 101 Å². The van der Waals surface area contributed by atoms with Gasteiger partial charge in [0.25, 0.3) is 5.56 Å². The molecule has 0 bridgehead atoms. The SMILES string of the molecule is CC(=Nn1c(-c2cc3ccccc3oc2=O)ccc(C#N)c1=O)c1cc2ccccc2oc1=O. The predicted octanol–water partition coefficient (Wildman–Crippen LogP) is 3.87. The highest BCUT2D eigenvalue weighted by molar-refractivity contribution is 6.00. The van der Waals surface area contributed by atoms with E-state index in [0.29, 0.717) is 21.9 Å². The molecular formula is C26H15N3O5. The van der Waals surface area contributed by atoms with E-state index >= 15 is 0 Å². The summed E-state index contributed by atoms with van der Waals surface area (Å²) in [7, 11) is 0. The fourth-order valence-corrected chi connectivity index (χ4v) is 3.67. The van der Waals surface area contributed by atoms with E-state index in [9.17, 15) is 19.6 Å². The molecule has 0 N–H and O–H groups in total. The normalized spacial score (nSPS) is 11.6. The number of pyridine rings is 1. The smallest absolute Gasteiger partial charge is 0.345 e. The van der Waals surface area contributed by atoms with Crippen molar-refractivity contribution in [1.82, 2.24) is 4.68 Å². The summed E-state index contributed by atoms with van der Waals surface area (Å²) < 4.78 is 11.7. The lowest BCUT2D eigenvalue weighted by molar-refractivity contribution is 0.559. The highest BCUT2D eigenvalue weighted by Crippen LogP contribution is 2.21. The molecule has 8 heteroatoms. The lowest BCUT2D eigenvalue weighted by Gasteiger charge is -2.10. The third-order valence-corrected chi connectivity index (χ3v) is 5.38. The molecule has 0 unspecified atom stereocenters. The number of aromatic nitrogens is 1. The molecule has 0 radical (unpaired) electrons. The van der Waals surface area contributed by atoms with Crippen LogP contribution in [0.3, 0.4) is 0 Å². The summed E-state index contributed by atoms with van der Waals surface area (Å²) in [6.45, 7) is 1.54. The highest BCUT2D eigenvalue weighted by atomic mass is 16.4. The number of fused-ring (bicyclic) bond motifs is 2. The van der Waals surface area contributed by atoms with Crippen LogP contribution in [0.2, 0.25) is 0 Å². The van der Waals surface area contributed by atoms with Crippen molar-refractivity contribution in [1.29, 1.82) is 5.26 Å². The maximum Gasteiger partial charge on any atom is 0.345 e. The fraction of sp³-hybridized carbons (Fsp3) is 0.0385. The van der Waals surface area contributed by atoms with Crippen molar-refractivity contribution < 1.29 is 8.83 Å². The largest absolute Gasteiger partial charge is 0.422 e. The summed E-state index contributed by atoms with van der Waals surface area (Å²) in [4.78, 5) is 38.4. The van der Waals surface area contributed by atoms with Gasteiger partial charge >= 0.3 is 11.3 Å². The second kappa shape index (κ2) is 8.15. The molecule has 8 nitrogen and oxygen atoms in total. The Balaban J connectivity index is 1.76. The van der Waals surface area contributed by atoms with Crippen molar-refractivity contribution in [2.45, 2.75) is 6.92 Å². The highest BCUT2D eigenvalue weighted by Gasteiger charge is 2.17. The Morgan fingerprint density at radius 3 is 2.15 bits per heavy atom. The molecule has 5 rings (SSSR count). The number of nitriles is 1. The van der Waals surface area contributed by atoms with E-state index in [-0.39, 0.29) is 28.1 Å². The maximum atomic E-state index is 13.0. The molecule has 0 saturated heterocycles. The Hall–Kier alpha value is -5.03. The Morgan fingerprint density at radius 1 is 0.853 bits per heavy atom. The standard InChI is InChI=1S/C26H15N3O5/c1-15(19-12-16-6-2-4-8-22(16)33-25(19)31)28-29-21(11-10-18(14-27)24(29)30)20-13-17-7-3-5-9-23(17)34-26(20)32/h2-13H,1H3. The molecule has 2 aromatic carbocycles. The average molecular weight is 449 g/mol. The second-order valence-corrected chi connectivity index (χ2v) is 7.52. The van der Waals surface area contributed by atoms with Crippen LogP contribution in [0.25, 0.3) is 33.2 Å². The fourth-order valence-electron chi connectivity index (χ4n) is 3.67. The summed E-state index contributed by atoms with van der Waals surface area (Å²) in [5.74, 6) is 0. The van der Waals surface area contributed by atoms with Gasteiger partial charge in [-0.2, -0.15) is 15.0 Å². The van der Waals surface area contributed by atoms with Gasteiger partial charge in [0.1, 0.15) is 22.8 Å². The van der Waals surface area contributed by atoms with Crippen molar-refractivity contribution in [2.24, 2.45) is 5.10 Å². The average Bonchev–Trinajstić information content (AvgIpc) is 2.84. The van der Waals surface area contributed by atoms with E-state index in [0.717, 1.165) is 4.68 Å². The van der Waals surface area contributed by atoms with Crippen LogP contribution >= 0.6 is 0 Å². The van der Waals surface area contributed by atoms with Crippen LogP contribution in [0.1, 0.15) is 18.1 Å². The van der Waals surface area contributed by atoms with Crippen molar-refractivity contribution in [3.63, 3.8) is 0 Å². The lowest BCUT2D eigenvalue weighted by atomic mass is 10.1. The predicted molar refractivity (Wildman–Crippen MR) is 127 cm³/mol. The summed E-state index contributed by atoms with van der Waals surface area (Å²) in [5, 5.41) is 15.0. The van der Waals surface area contributed by atoms with Crippen molar-refractivity contribution >= 4 is 27.7 Å². The number of benzene rings is 2. The molecule has 0 amide bonds. The number of hydrogen-bond acceptors (Lipinski definition) is 7. The topological polar surface area (TPSA) is 119 Å². The molecule has 0 aliphatic rings. The van der Waals surface area contributed by atoms with E-state index in [4.69, 9.17) is 8.83 Å². The van der Waals surface area contributed by atoms with E-state index in [1.54, 1.807) is 67.6 Å². The first-order chi connectivity index (χ1) is 16.5. The summed E-state index contributed by atoms with van der Waals surface area (Å²) in [6.07, 6.45) is 0. The van der Waals surface area contributed by atoms with E-state index < -0.39 is 16.8 Å². The van der Waals surface area contributed by atoms with E-state index in [2.05, 4.69) is 5.10 Å². The number of hydrogen-bond donors (Lipinski definition) is 0. The minimum atomic E-state index is -0.739. The third-order valence-electron chi connectivity index (χ3n) is 5.38. The zero-order chi connectivity index (χ0) is 23.8. The van der Waals surface area contributed by atoms with Crippen molar-refractivity contribution in [3.05, 3.63) is 115 Å². The zero-order valence-corrected chi connectivity index (χ0v) is 17.8. The van der Waals surface area contributed by atoms with Crippen LogP contribution in [0.4, 0.5) is 0 Å². The van der Waals surface area contributed by atoms with Crippen LogP contribution in [0.5, 0.6) is 0 Å². The van der Waals surface area contributed by atoms with Crippen molar-refractivity contribution in [2.75, 3.05) is 0 Å². The van der Waals surface area contributed by atoms with Gasteiger partial charge in [0.2, 0.25) is 0 Å². The van der Waals surface area contributed by atoms with Crippen LogP contribution in [-0.4, -0.2) is 10.4 Å². The van der Waals surface area contributed by atoms with Gasteiger partial charge in [-0.25, -0.2) is 9.59 Å². The van der Waals surface area contributed by atoms with Crippen LogP contribution < -0.4 is 16.8 Å². The van der Waals surface area contributed by atoms with Gasteiger partial charge in [-0.1, -0.05) is 36.4 Å². The van der Waals surface area contributed by atoms with Crippen LogP contribution in [0, 0.1) is 11.3 Å². The van der Waals surface area contributed by atoms with Gasteiger partial charge in [-0.15, -0.1) is 0 Å². The van der Waals surface area contributed by atoms with E-state index in [1.165, 1.54) is 12.1 Å². The summed E-state index contributed by atoms with van der Waals surface area (Å²) in [5.41, 5.74) is -0.878. The lowest BCUT2D eigenvalue weighted by Crippen LogP contribution is -2.24. The molecular weight excluding hydrogens is 434 g/mol. The number of nitrogens with zero attached hydrogens (tertiary/aromatic N) is 3. The molecule has 0 aliphatic carbocycles. The molecule has 0 aliphatic heterocycles. The Labute approximate surface area is 191 Å². The molecule has 0 atom stereocenters.